The molecule has 0 spiro atoms. The van der Waals surface area contributed by atoms with Gasteiger partial charge in [0.05, 0.1) is 7.11 Å². The lowest BCUT2D eigenvalue weighted by Crippen LogP contribution is -2.37. The second kappa shape index (κ2) is 10.1. The summed E-state index contributed by atoms with van der Waals surface area (Å²) in [7, 11) is 3.33. The van der Waals surface area contributed by atoms with E-state index in [1.165, 1.54) is 12.1 Å². The number of aromatic nitrogens is 2. The Bertz CT molecular complexity index is 912. The smallest absolute Gasteiger partial charge is 0.218 e. The summed E-state index contributed by atoms with van der Waals surface area (Å²) in [4.78, 5) is 11.5. The lowest BCUT2D eigenvalue weighted by molar-refractivity contribution is 0.392. The number of H-pyrrole nitrogens is 1. The minimum Gasteiger partial charge on any atom is -0.481 e. The first-order valence-electron chi connectivity index (χ1n) is 8.39. The molecule has 0 radical (unpaired) electrons. The Balaban J connectivity index is 0.00000261. The quantitative estimate of drug-likeness (QED) is 0.286. The third-order valence-electron chi connectivity index (χ3n) is 4.13. The number of halogens is 2. The van der Waals surface area contributed by atoms with Crippen LogP contribution in [0.25, 0.3) is 10.9 Å². The van der Waals surface area contributed by atoms with Gasteiger partial charge < -0.3 is 20.4 Å². The highest BCUT2D eigenvalue weighted by Gasteiger charge is 2.07. The molecule has 0 aliphatic rings. The number of aliphatic imine (C=N–C) groups is 1. The normalized spacial score (nSPS) is 11.1. The van der Waals surface area contributed by atoms with Crippen LogP contribution in [0.2, 0.25) is 0 Å². The molecule has 144 valence electrons. The Morgan fingerprint density at radius 2 is 2.11 bits per heavy atom. The van der Waals surface area contributed by atoms with E-state index in [1.807, 2.05) is 18.3 Å². The summed E-state index contributed by atoms with van der Waals surface area (Å²) in [5.74, 6) is 1.06. The number of guanidine groups is 1. The number of ether oxygens (including phenoxy) is 1. The van der Waals surface area contributed by atoms with Crippen LogP contribution >= 0.6 is 24.0 Å². The fraction of sp³-hybridized carbons (Fsp3) is 0.263. The van der Waals surface area contributed by atoms with Crippen LogP contribution in [0.1, 0.15) is 11.1 Å². The number of methoxy groups -OCH3 is 1. The number of benzene rings is 1. The van der Waals surface area contributed by atoms with Crippen LogP contribution in [0.3, 0.4) is 0 Å². The summed E-state index contributed by atoms with van der Waals surface area (Å²) in [6, 6.07) is 8.62. The van der Waals surface area contributed by atoms with Crippen LogP contribution in [-0.4, -0.2) is 36.6 Å². The molecule has 0 amide bonds. The molecule has 0 aliphatic carbocycles. The van der Waals surface area contributed by atoms with Crippen molar-refractivity contribution in [3.05, 3.63) is 59.7 Å². The Labute approximate surface area is 174 Å². The lowest BCUT2D eigenvalue weighted by Gasteiger charge is -2.13. The van der Waals surface area contributed by atoms with Crippen molar-refractivity contribution in [2.45, 2.75) is 13.0 Å². The molecule has 0 unspecified atom stereocenters. The predicted octanol–water partition coefficient (Wildman–Crippen LogP) is 3.24. The highest BCUT2D eigenvalue weighted by Crippen LogP contribution is 2.19. The molecule has 8 heteroatoms. The maximum Gasteiger partial charge on any atom is 0.218 e. The fourth-order valence-corrected chi connectivity index (χ4v) is 2.82. The standard InChI is InChI=1S/C19H22FN5O.HI/c1-21-19(25-12-14-4-3-8-22-18(14)26-2)23-9-7-13-11-24-17-10-15(20)5-6-16(13)17;/h3-6,8,10-11,24H,7,9,12H2,1-2H3,(H2,21,23,25);1H. The number of pyridine rings is 1. The van der Waals surface area contributed by atoms with Crippen molar-refractivity contribution >= 4 is 40.8 Å². The van der Waals surface area contributed by atoms with Crippen molar-refractivity contribution in [3.8, 4) is 5.88 Å². The average Bonchev–Trinajstić information content (AvgIpc) is 3.06. The molecule has 2 heterocycles. The number of hydrogen-bond donors (Lipinski definition) is 3. The Hall–Kier alpha value is -2.36. The molecule has 27 heavy (non-hydrogen) atoms. The Morgan fingerprint density at radius 1 is 1.26 bits per heavy atom. The van der Waals surface area contributed by atoms with Gasteiger partial charge in [-0.1, -0.05) is 6.07 Å². The molecular weight excluding hydrogens is 460 g/mol. The van der Waals surface area contributed by atoms with Gasteiger partial charge in [-0.05, 0) is 36.2 Å². The molecule has 0 saturated carbocycles. The van der Waals surface area contributed by atoms with E-state index in [1.54, 1.807) is 26.4 Å². The number of aromatic amines is 1. The Morgan fingerprint density at radius 3 is 2.89 bits per heavy atom. The minimum absolute atomic E-state index is 0. The molecule has 3 aromatic rings. The average molecular weight is 483 g/mol. The second-order valence-electron chi connectivity index (χ2n) is 5.78. The lowest BCUT2D eigenvalue weighted by atomic mass is 10.1. The maximum atomic E-state index is 13.3. The highest BCUT2D eigenvalue weighted by molar-refractivity contribution is 14.0. The van der Waals surface area contributed by atoms with Crippen LogP contribution < -0.4 is 15.4 Å². The highest BCUT2D eigenvalue weighted by atomic mass is 127. The first kappa shape index (κ1) is 20.9. The molecule has 3 N–H and O–H groups in total. The molecule has 0 saturated heterocycles. The molecule has 0 aliphatic heterocycles. The third-order valence-corrected chi connectivity index (χ3v) is 4.13. The summed E-state index contributed by atoms with van der Waals surface area (Å²) in [6.07, 6.45) is 4.41. The van der Waals surface area contributed by atoms with E-state index in [4.69, 9.17) is 4.74 Å². The van der Waals surface area contributed by atoms with Gasteiger partial charge >= 0.3 is 0 Å². The van der Waals surface area contributed by atoms with E-state index in [0.717, 1.165) is 28.5 Å². The number of fused-ring (bicyclic) bond motifs is 1. The van der Waals surface area contributed by atoms with E-state index in [0.29, 0.717) is 24.9 Å². The van der Waals surface area contributed by atoms with Gasteiger partial charge in [0.15, 0.2) is 5.96 Å². The zero-order chi connectivity index (χ0) is 18.4. The van der Waals surface area contributed by atoms with E-state index < -0.39 is 0 Å². The monoisotopic (exact) mass is 483 g/mol. The van der Waals surface area contributed by atoms with Gasteiger partial charge in [-0.15, -0.1) is 24.0 Å². The number of nitrogens with one attached hydrogen (secondary N) is 3. The van der Waals surface area contributed by atoms with Crippen LogP contribution in [0.4, 0.5) is 4.39 Å². The third kappa shape index (κ3) is 5.31. The van der Waals surface area contributed by atoms with Gasteiger partial charge in [0, 0.05) is 49.0 Å². The summed E-state index contributed by atoms with van der Waals surface area (Å²) < 4.78 is 18.5. The van der Waals surface area contributed by atoms with Crippen molar-refractivity contribution in [2.24, 2.45) is 4.99 Å². The van der Waals surface area contributed by atoms with Crippen LogP contribution in [0.15, 0.2) is 47.7 Å². The largest absolute Gasteiger partial charge is 0.481 e. The van der Waals surface area contributed by atoms with Crippen LogP contribution in [0, 0.1) is 5.82 Å². The molecule has 6 nitrogen and oxygen atoms in total. The van der Waals surface area contributed by atoms with Gasteiger partial charge in [0.1, 0.15) is 5.82 Å². The molecular formula is C19H23FIN5O. The number of rotatable bonds is 6. The van der Waals surface area contributed by atoms with Gasteiger partial charge in [0.2, 0.25) is 5.88 Å². The van der Waals surface area contributed by atoms with Crippen molar-refractivity contribution in [1.82, 2.24) is 20.6 Å². The van der Waals surface area contributed by atoms with Crippen molar-refractivity contribution in [2.75, 3.05) is 20.7 Å². The van der Waals surface area contributed by atoms with E-state index >= 15 is 0 Å². The van der Waals surface area contributed by atoms with Crippen LogP contribution in [-0.2, 0) is 13.0 Å². The SMILES string of the molecule is CN=C(NCCc1c[nH]c2cc(F)ccc12)NCc1cccnc1OC.I. The predicted molar refractivity (Wildman–Crippen MR) is 116 cm³/mol. The molecule has 0 atom stereocenters. The minimum atomic E-state index is -0.237. The summed E-state index contributed by atoms with van der Waals surface area (Å²) >= 11 is 0. The zero-order valence-electron chi connectivity index (χ0n) is 15.3. The molecule has 1 aromatic carbocycles. The van der Waals surface area contributed by atoms with E-state index in [9.17, 15) is 4.39 Å². The summed E-state index contributed by atoms with van der Waals surface area (Å²) in [5, 5.41) is 7.57. The first-order valence-corrected chi connectivity index (χ1v) is 8.39. The van der Waals surface area contributed by atoms with Crippen LogP contribution in [0.5, 0.6) is 5.88 Å². The van der Waals surface area contributed by atoms with Gasteiger partial charge in [-0.25, -0.2) is 9.37 Å². The molecule has 3 rings (SSSR count). The summed E-state index contributed by atoms with van der Waals surface area (Å²) in [5.41, 5.74) is 2.90. The van der Waals surface area contributed by atoms with E-state index in [-0.39, 0.29) is 29.8 Å². The van der Waals surface area contributed by atoms with Gasteiger partial charge in [0.25, 0.3) is 0 Å². The molecule has 2 aromatic heterocycles. The first-order chi connectivity index (χ1) is 12.7. The second-order valence-corrected chi connectivity index (χ2v) is 5.78. The van der Waals surface area contributed by atoms with Gasteiger partial charge in [-0.3, -0.25) is 4.99 Å². The maximum absolute atomic E-state index is 13.3. The topological polar surface area (TPSA) is 74.3 Å². The number of nitrogens with zero attached hydrogens (tertiary/aromatic N) is 2. The molecule has 0 bridgehead atoms. The number of hydrogen-bond acceptors (Lipinski definition) is 3. The van der Waals surface area contributed by atoms with E-state index in [2.05, 4.69) is 25.6 Å². The van der Waals surface area contributed by atoms with Crippen molar-refractivity contribution in [1.29, 1.82) is 0 Å². The Kier molecular flexibility index (Phi) is 7.83. The fourth-order valence-electron chi connectivity index (χ4n) is 2.82. The molecule has 0 fully saturated rings. The van der Waals surface area contributed by atoms with Crippen molar-refractivity contribution < 1.29 is 9.13 Å². The zero-order valence-corrected chi connectivity index (χ0v) is 17.6. The van der Waals surface area contributed by atoms with Crippen molar-refractivity contribution in [3.63, 3.8) is 0 Å². The van der Waals surface area contributed by atoms with Gasteiger partial charge in [-0.2, -0.15) is 0 Å². The summed E-state index contributed by atoms with van der Waals surface area (Å²) in [6.45, 7) is 1.26.